The molecule has 0 aliphatic rings. The SMILES string of the molecule is CC(=O)Nc1ccc(F)c(NC(=O)COc2cccc(NC(=O)c3ccco3)c2)c1. The van der Waals surface area contributed by atoms with Gasteiger partial charge in [-0.3, -0.25) is 14.4 Å². The van der Waals surface area contributed by atoms with Crippen molar-refractivity contribution in [3.8, 4) is 5.75 Å². The van der Waals surface area contributed by atoms with Crippen LogP contribution in [0.3, 0.4) is 0 Å². The average molecular weight is 411 g/mol. The molecule has 154 valence electrons. The monoisotopic (exact) mass is 411 g/mol. The van der Waals surface area contributed by atoms with Crippen LogP contribution in [-0.2, 0) is 9.59 Å². The highest BCUT2D eigenvalue weighted by molar-refractivity contribution is 6.02. The summed E-state index contributed by atoms with van der Waals surface area (Å²) in [5, 5.41) is 7.54. The minimum Gasteiger partial charge on any atom is -0.484 e. The Balaban J connectivity index is 1.57. The second-order valence-electron chi connectivity index (χ2n) is 6.17. The van der Waals surface area contributed by atoms with Gasteiger partial charge in [-0.25, -0.2) is 4.39 Å². The Morgan fingerprint density at radius 3 is 2.50 bits per heavy atom. The maximum Gasteiger partial charge on any atom is 0.291 e. The first kappa shape index (κ1) is 20.6. The van der Waals surface area contributed by atoms with E-state index in [0.29, 0.717) is 17.1 Å². The van der Waals surface area contributed by atoms with E-state index in [4.69, 9.17) is 9.15 Å². The van der Waals surface area contributed by atoms with Gasteiger partial charge >= 0.3 is 0 Å². The van der Waals surface area contributed by atoms with Gasteiger partial charge in [0.1, 0.15) is 11.6 Å². The number of nitrogens with one attached hydrogen (secondary N) is 3. The predicted octanol–water partition coefficient (Wildman–Crippen LogP) is 3.65. The molecule has 0 bridgehead atoms. The molecule has 0 unspecified atom stereocenters. The van der Waals surface area contributed by atoms with Crippen molar-refractivity contribution in [3.05, 3.63) is 72.4 Å². The summed E-state index contributed by atoms with van der Waals surface area (Å²) in [6.07, 6.45) is 1.39. The number of anilines is 3. The molecular formula is C21H18FN3O5. The Kier molecular flexibility index (Phi) is 6.43. The van der Waals surface area contributed by atoms with Crippen LogP contribution in [-0.4, -0.2) is 24.3 Å². The topological polar surface area (TPSA) is 110 Å². The minimum absolute atomic E-state index is 0.0886. The fourth-order valence-electron chi connectivity index (χ4n) is 2.50. The van der Waals surface area contributed by atoms with E-state index in [0.717, 1.165) is 6.07 Å². The number of halogens is 1. The molecule has 3 rings (SSSR count). The summed E-state index contributed by atoms with van der Waals surface area (Å²) in [5.74, 6) is -1.51. The smallest absolute Gasteiger partial charge is 0.291 e. The van der Waals surface area contributed by atoms with E-state index in [1.54, 1.807) is 24.3 Å². The Morgan fingerprint density at radius 1 is 0.967 bits per heavy atom. The summed E-state index contributed by atoms with van der Waals surface area (Å²) in [6.45, 7) is 0.931. The number of rotatable bonds is 7. The van der Waals surface area contributed by atoms with Crippen LogP contribution in [0.25, 0.3) is 0 Å². The molecule has 3 N–H and O–H groups in total. The van der Waals surface area contributed by atoms with Crippen molar-refractivity contribution in [1.29, 1.82) is 0 Å². The third-order valence-corrected chi connectivity index (χ3v) is 3.77. The summed E-state index contributed by atoms with van der Waals surface area (Å²) in [5.41, 5.74) is 0.706. The summed E-state index contributed by atoms with van der Waals surface area (Å²) in [7, 11) is 0. The van der Waals surface area contributed by atoms with Crippen LogP contribution in [0.1, 0.15) is 17.5 Å². The quantitative estimate of drug-likeness (QED) is 0.550. The van der Waals surface area contributed by atoms with E-state index in [1.165, 1.54) is 37.5 Å². The molecule has 3 aromatic rings. The van der Waals surface area contributed by atoms with Gasteiger partial charge in [-0.05, 0) is 42.5 Å². The minimum atomic E-state index is -0.653. The second kappa shape index (κ2) is 9.37. The largest absolute Gasteiger partial charge is 0.484 e. The summed E-state index contributed by atoms with van der Waals surface area (Å²) >= 11 is 0. The highest BCUT2D eigenvalue weighted by Crippen LogP contribution is 2.21. The highest BCUT2D eigenvalue weighted by Gasteiger charge is 2.11. The molecule has 0 saturated heterocycles. The number of hydrogen-bond donors (Lipinski definition) is 3. The van der Waals surface area contributed by atoms with Crippen molar-refractivity contribution < 1.29 is 27.9 Å². The van der Waals surface area contributed by atoms with Crippen molar-refractivity contribution in [2.24, 2.45) is 0 Å². The normalized spacial score (nSPS) is 10.2. The molecule has 30 heavy (non-hydrogen) atoms. The third kappa shape index (κ3) is 5.68. The van der Waals surface area contributed by atoms with Crippen LogP contribution in [0.5, 0.6) is 5.75 Å². The van der Waals surface area contributed by atoms with Crippen LogP contribution in [0.4, 0.5) is 21.5 Å². The zero-order valence-corrected chi connectivity index (χ0v) is 15.9. The molecule has 8 nitrogen and oxygen atoms in total. The van der Waals surface area contributed by atoms with Crippen molar-refractivity contribution in [2.75, 3.05) is 22.6 Å². The second-order valence-corrected chi connectivity index (χ2v) is 6.17. The fourth-order valence-corrected chi connectivity index (χ4v) is 2.50. The van der Waals surface area contributed by atoms with Gasteiger partial charge < -0.3 is 25.1 Å². The van der Waals surface area contributed by atoms with Crippen molar-refractivity contribution >= 4 is 34.8 Å². The number of amides is 3. The van der Waals surface area contributed by atoms with Gasteiger partial charge in [0.2, 0.25) is 5.91 Å². The number of hydrogen-bond acceptors (Lipinski definition) is 5. The van der Waals surface area contributed by atoms with Crippen molar-refractivity contribution in [3.63, 3.8) is 0 Å². The van der Waals surface area contributed by atoms with Gasteiger partial charge in [0.05, 0.1) is 12.0 Å². The van der Waals surface area contributed by atoms with E-state index in [1.807, 2.05) is 0 Å². The number of furan rings is 1. The zero-order chi connectivity index (χ0) is 21.5. The molecule has 0 aliphatic carbocycles. The molecule has 0 fully saturated rings. The lowest BCUT2D eigenvalue weighted by atomic mass is 10.2. The first-order valence-electron chi connectivity index (χ1n) is 8.85. The van der Waals surface area contributed by atoms with Crippen LogP contribution in [0, 0.1) is 5.82 Å². The Hall–Kier alpha value is -4.14. The fraction of sp³-hybridized carbons (Fsp3) is 0.0952. The van der Waals surface area contributed by atoms with E-state index in [-0.39, 0.29) is 24.0 Å². The Labute approximate surface area is 171 Å². The van der Waals surface area contributed by atoms with Crippen LogP contribution in [0.15, 0.2) is 65.3 Å². The highest BCUT2D eigenvalue weighted by atomic mass is 19.1. The molecule has 0 radical (unpaired) electrons. The average Bonchev–Trinajstić information content (AvgIpc) is 3.24. The lowest BCUT2D eigenvalue weighted by Gasteiger charge is -2.11. The molecule has 2 aromatic carbocycles. The Morgan fingerprint density at radius 2 is 1.77 bits per heavy atom. The summed E-state index contributed by atoms with van der Waals surface area (Å²) < 4.78 is 24.3. The van der Waals surface area contributed by atoms with Gasteiger partial charge in [-0.15, -0.1) is 0 Å². The molecule has 1 heterocycles. The third-order valence-electron chi connectivity index (χ3n) is 3.77. The van der Waals surface area contributed by atoms with Gasteiger partial charge in [0.15, 0.2) is 12.4 Å². The number of carbonyl (C=O) groups is 3. The number of benzene rings is 2. The lowest BCUT2D eigenvalue weighted by molar-refractivity contribution is -0.118. The van der Waals surface area contributed by atoms with Crippen molar-refractivity contribution in [2.45, 2.75) is 6.92 Å². The van der Waals surface area contributed by atoms with E-state index in [2.05, 4.69) is 16.0 Å². The maximum atomic E-state index is 13.9. The van der Waals surface area contributed by atoms with Crippen LogP contribution in [0.2, 0.25) is 0 Å². The summed E-state index contributed by atoms with van der Waals surface area (Å²) in [4.78, 5) is 35.2. The zero-order valence-electron chi connectivity index (χ0n) is 15.9. The molecule has 9 heteroatoms. The van der Waals surface area contributed by atoms with Crippen molar-refractivity contribution in [1.82, 2.24) is 0 Å². The lowest BCUT2D eigenvalue weighted by Crippen LogP contribution is -2.21. The van der Waals surface area contributed by atoms with Crippen LogP contribution < -0.4 is 20.7 Å². The molecule has 0 saturated carbocycles. The Bertz CT molecular complexity index is 1070. The van der Waals surface area contributed by atoms with Gasteiger partial charge in [0, 0.05) is 24.4 Å². The number of carbonyl (C=O) groups excluding carboxylic acids is 3. The molecule has 3 amide bonds. The number of ether oxygens (including phenoxy) is 1. The van der Waals surface area contributed by atoms with Gasteiger partial charge in [-0.2, -0.15) is 0 Å². The first-order valence-corrected chi connectivity index (χ1v) is 8.85. The molecule has 0 aliphatic heterocycles. The molecule has 0 atom stereocenters. The van der Waals surface area contributed by atoms with E-state index < -0.39 is 17.6 Å². The maximum absolute atomic E-state index is 13.9. The van der Waals surface area contributed by atoms with Gasteiger partial charge in [-0.1, -0.05) is 6.07 Å². The van der Waals surface area contributed by atoms with E-state index >= 15 is 0 Å². The van der Waals surface area contributed by atoms with Crippen LogP contribution >= 0.6 is 0 Å². The molecule has 0 spiro atoms. The summed E-state index contributed by atoms with van der Waals surface area (Å²) in [6, 6.07) is 13.4. The molecule has 1 aromatic heterocycles. The predicted molar refractivity (Wildman–Crippen MR) is 108 cm³/mol. The van der Waals surface area contributed by atoms with E-state index in [9.17, 15) is 18.8 Å². The van der Waals surface area contributed by atoms with Gasteiger partial charge in [0.25, 0.3) is 11.8 Å². The first-order chi connectivity index (χ1) is 14.4. The standard InChI is InChI=1S/C21H18FN3O5/c1-13(26)23-15-7-8-17(22)18(11-15)25-20(27)12-30-16-5-2-4-14(10-16)24-21(28)19-6-3-9-29-19/h2-11H,12H2,1H3,(H,23,26)(H,24,28)(H,25,27). The molecular weight excluding hydrogens is 393 g/mol.